The number of carbonyl (C=O) groups is 1. The van der Waals surface area contributed by atoms with Crippen molar-refractivity contribution in [1.82, 2.24) is 24.4 Å². The van der Waals surface area contributed by atoms with Crippen molar-refractivity contribution < 1.29 is 9.18 Å². The van der Waals surface area contributed by atoms with Crippen LogP contribution >= 0.6 is 11.6 Å². The van der Waals surface area contributed by atoms with Crippen molar-refractivity contribution in [1.29, 1.82) is 0 Å². The Morgan fingerprint density at radius 2 is 1.86 bits per heavy atom. The number of pyridine rings is 2. The molecular weight excluding hydrogens is 567 g/mol. The highest BCUT2D eigenvalue weighted by molar-refractivity contribution is 6.34. The van der Waals surface area contributed by atoms with Gasteiger partial charge in [0.1, 0.15) is 11.6 Å². The highest BCUT2D eigenvalue weighted by atomic mass is 35.5. The molecule has 43 heavy (non-hydrogen) atoms. The molecule has 0 aliphatic carbocycles. The van der Waals surface area contributed by atoms with Crippen LogP contribution in [0.4, 0.5) is 10.2 Å². The minimum absolute atomic E-state index is 0. The van der Waals surface area contributed by atoms with Crippen LogP contribution in [0.3, 0.4) is 0 Å². The maximum atomic E-state index is 14.6. The highest BCUT2D eigenvalue weighted by Crippen LogP contribution is 2.37. The number of fused-ring (bicyclic) bond motifs is 1. The summed E-state index contributed by atoms with van der Waals surface area (Å²) in [6.45, 7) is 16.1. The van der Waals surface area contributed by atoms with E-state index >= 15 is 0 Å². The van der Waals surface area contributed by atoms with Crippen LogP contribution in [0.2, 0.25) is 5.02 Å². The van der Waals surface area contributed by atoms with Gasteiger partial charge in [0.05, 0.1) is 27.5 Å². The summed E-state index contributed by atoms with van der Waals surface area (Å²) in [5.74, 6) is -0.0792. The molecule has 8 nitrogen and oxygen atoms in total. The van der Waals surface area contributed by atoms with E-state index in [-0.39, 0.29) is 37.2 Å². The maximum absolute atomic E-state index is 14.6. The van der Waals surface area contributed by atoms with Gasteiger partial charge < -0.3 is 9.80 Å². The lowest BCUT2D eigenvalue weighted by molar-refractivity contribution is -0.128. The van der Waals surface area contributed by atoms with Crippen molar-refractivity contribution >= 4 is 34.4 Å². The SMILES string of the molecule is C.C=CC(=O)N1C[C@H](C)N(c2nc(=O)n(-c3c(C)ccnc3C(C)C)c3nc(-c4cccc(F)c4C)c(Cl)cc23)C[C@H]1C. The number of anilines is 1. The van der Waals surface area contributed by atoms with Crippen LogP contribution in [0.15, 0.2) is 54.0 Å². The Balaban J connectivity index is 0.00000423. The molecule has 0 unspecified atom stereocenters. The molecule has 226 valence electrons. The lowest BCUT2D eigenvalue weighted by Gasteiger charge is -2.44. The minimum atomic E-state index is -0.517. The fourth-order valence-corrected chi connectivity index (χ4v) is 5.96. The quantitative estimate of drug-likeness (QED) is 0.238. The van der Waals surface area contributed by atoms with Gasteiger partial charge in [0.25, 0.3) is 0 Å². The predicted octanol–water partition coefficient (Wildman–Crippen LogP) is 6.62. The molecule has 4 aromatic rings. The van der Waals surface area contributed by atoms with Crippen molar-refractivity contribution in [2.24, 2.45) is 0 Å². The van der Waals surface area contributed by atoms with Gasteiger partial charge >= 0.3 is 5.69 Å². The Hall–Kier alpha value is -4.11. The summed E-state index contributed by atoms with van der Waals surface area (Å²) in [5, 5.41) is 0.871. The molecule has 2 atom stereocenters. The van der Waals surface area contributed by atoms with E-state index in [1.54, 1.807) is 36.2 Å². The summed E-state index contributed by atoms with van der Waals surface area (Å²) < 4.78 is 16.1. The Morgan fingerprint density at radius 1 is 1.14 bits per heavy atom. The molecule has 1 aliphatic rings. The summed E-state index contributed by atoms with van der Waals surface area (Å²) in [7, 11) is 0. The summed E-state index contributed by atoms with van der Waals surface area (Å²) in [4.78, 5) is 44.5. The molecule has 4 heterocycles. The van der Waals surface area contributed by atoms with Crippen molar-refractivity contribution in [2.45, 2.75) is 67.0 Å². The fraction of sp³-hybridized carbons (Fsp3) is 0.364. The first-order valence-electron chi connectivity index (χ1n) is 14.0. The van der Waals surface area contributed by atoms with Gasteiger partial charge in [-0.05, 0) is 69.0 Å². The second-order valence-electron chi connectivity index (χ2n) is 11.2. The van der Waals surface area contributed by atoms with Crippen LogP contribution in [0.1, 0.15) is 57.9 Å². The summed E-state index contributed by atoms with van der Waals surface area (Å²) in [6, 6.07) is 8.04. The van der Waals surface area contributed by atoms with Crippen LogP contribution in [0.5, 0.6) is 0 Å². The number of hydrogen-bond acceptors (Lipinski definition) is 6. The largest absolute Gasteiger partial charge is 0.355 e. The van der Waals surface area contributed by atoms with Crippen LogP contribution < -0.4 is 10.6 Å². The van der Waals surface area contributed by atoms with E-state index in [2.05, 4.69) is 16.5 Å². The molecule has 1 fully saturated rings. The van der Waals surface area contributed by atoms with Crippen molar-refractivity contribution in [3.63, 3.8) is 0 Å². The number of rotatable bonds is 5. The average Bonchev–Trinajstić information content (AvgIpc) is 2.95. The molecule has 1 amide bonds. The zero-order chi connectivity index (χ0) is 30.5. The van der Waals surface area contributed by atoms with Crippen LogP contribution in [0.25, 0.3) is 28.0 Å². The fourth-order valence-electron chi connectivity index (χ4n) is 5.71. The molecule has 5 rings (SSSR count). The number of benzene rings is 1. The Labute approximate surface area is 256 Å². The van der Waals surface area contributed by atoms with Gasteiger partial charge in [0, 0.05) is 36.9 Å². The van der Waals surface area contributed by atoms with Crippen molar-refractivity contribution in [2.75, 3.05) is 18.0 Å². The lowest BCUT2D eigenvalue weighted by Crippen LogP contribution is -2.58. The predicted molar refractivity (Wildman–Crippen MR) is 172 cm³/mol. The first-order chi connectivity index (χ1) is 19.9. The normalized spacial score (nSPS) is 16.9. The van der Waals surface area contributed by atoms with Gasteiger partial charge in [-0.15, -0.1) is 0 Å². The number of aryl methyl sites for hydroxylation is 1. The minimum Gasteiger partial charge on any atom is -0.349 e. The number of carbonyl (C=O) groups excluding carboxylic acids is 1. The molecule has 0 radical (unpaired) electrons. The number of nitrogens with zero attached hydrogens (tertiary/aromatic N) is 6. The van der Waals surface area contributed by atoms with E-state index in [9.17, 15) is 14.0 Å². The average molecular weight is 605 g/mol. The van der Waals surface area contributed by atoms with Gasteiger partial charge in [-0.2, -0.15) is 4.98 Å². The number of halogens is 2. The Bertz CT molecular complexity index is 1790. The molecule has 3 aromatic heterocycles. The van der Waals surface area contributed by atoms with Crippen LogP contribution in [-0.4, -0.2) is 55.5 Å². The molecule has 1 saturated heterocycles. The number of hydrogen-bond donors (Lipinski definition) is 0. The van der Waals surface area contributed by atoms with Crippen molar-refractivity contribution in [3.05, 3.63) is 87.3 Å². The van der Waals surface area contributed by atoms with E-state index in [1.165, 1.54) is 16.7 Å². The molecule has 0 N–H and O–H groups in total. The number of piperazine rings is 1. The van der Waals surface area contributed by atoms with Gasteiger partial charge in [-0.3, -0.25) is 9.78 Å². The van der Waals surface area contributed by atoms with Crippen molar-refractivity contribution in [3.8, 4) is 16.9 Å². The summed E-state index contributed by atoms with van der Waals surface area (Å²) in [5.41, 5.74) is 3.30. The molecule has 0 saturated carbocycles. The first-order valence-corrected chi connectivity index (χ1v) is 14.4. The van der Waals surface area contributed by atoms with E-state index in [4.69, 9.17) is 16.6 Å². The second-order valence-corrected chi connectivity index (χ2v) is 11.6. The topological polar surface area (TPSA) is 84.2 Å². The molecule has 1 aromatic carbocycles. The molecular formula is C33H38ClFN6O2. The lowest BCUT2D eigenvalue weighted by atomic mass is 10.0. The van der Waals surface area contributed by atoms with Gasteiger partial charge in [-0.1, -0.05) is 51.6 Å². The third-order valence-electron chi connectivity index (χ3n) is 7.96. The molecule has 0 bridgehead atoms. The van der Waals surface area contributed by atoms with E-state index in [0.717, 1.165) is 11.3 Å². The van der Waals surface area contributed by atoms with Crippen LogP contribution in [-0.2, 0) is 4.79 Å². The Kier molecular flexibility index (Phi) is 9.06. The highest BCUT2D eigenvalue weighted by Gasteiger charge is 2.34. The standard InChI is InChI=1S/C32H34ClFN6O2.CH4/c1-8-26(41)38-15-20(6)39(16-19(38)5)30-23-14-24(33)28(22-10-9-11-25(34)21(22)7)36-31(23)40(32(42)37-30)29-18(4)12-13-35-27(29)17(2)3;/h8-14,17,19-20H,1,15-16H2,2-7H3;1H4/t19-,20+;/m1./s1. The molecule has 0 spiro atoms. The zero-order valence-electron chi connectivity index (χ0n) is 24.7. The first kappa shape index (κ1) is 31.8. The Morgan fingerprint density at radius 3 is 2.53 bits per heavy atom. The molecule has 10 heteroatoms. The third-order valence-corrected chi connectivity index (χ3v) is 8.25. The number of amides is 1. The molecule has 1 aliphatic heterocycles. The van der Waals surface area contributed by atoms with Crippen LogP contribution in [0, 0.1) is 19.7 Å². The van der Waals surface area contributed by atoms with Gasteiger partial charge in [-0.25, -0.2) is 18.7 Å². The zero-order valence-corrected chi connectivity index (χ0v) is 25.4. The summed E-state index contributed by atoms with van der Waals surface area (Å²) in [6.07, 6.45) is 3.04. The van der Waals surface area contributed by atoms with Gasteiger partial charge in [0.2, 0.25) is 5.91 Å². The monoisotopic (exact) mass is 604 g/mol. The smallest absolute Gasteiger partial charge is 0.349 e. The second kappa shape index (κ2) is 12.2. The maximum Gasteiger partial charge on any atom is 0.355 e. The third kappa shape index (κ3) is 5.54. The van der Waals surface area contributed by atoms with E-state index < -0.39 is 5.69 Å². The van der Waals surface area contributed by atoms with E-state index in [0.29, 0.717) is 57.5 Å². The van der Waals surface area contributed by atoms with E-state index in [1.807, 2.05) is 45.6 Å². The number of aromatic nitrogens is 4. The van der Waals surface area contributed by atoms with Gasteiger partial charge in [0.15, 0.2) is 5.65 Å². The summed E-state index contributed by atoms with van der Waals surface area (Å²) >= 11 is 6.88.